The van der Waals surface area contributed by atoms with E-state index in [0.717, 1.165) is 17.3 Å². The number of amides is 2. The quantitative estimate of drug-likeness (QED) is 0.428. The molecule has 0 saturated heterocycles. The molecule has 3 aromatic carbocycles. The van der Waals surface area contributed by atoms with Gasteiger partial charge in [0.2, 0.25) is 5.91 Å². The highest BCUT2D eigenvalue weighted by molar-refractivity contribution is 8.14. The predicted molar refractivity (Wildman–Crippen MR) is 141 cm³/mol. The zero-order valence-electron chi connectivity index (χ0n) is 20.1. The van der Waals surface area contributed by atoms with E-state index in [9.17, 15) is 23.2 Å². The van der Waals surface area contributed by atoms with Crippen molar-refractivity contribution < 1.29 is 23.2 Å². The van der Waals surface area contributed by atoms with Crippen molar-refractivity contribution in [3.05, 3.63) is 101 Å². The van der Waals surface area contributed by atoms with Crippen LogP contribution in [0.5, 0.6) is 0 Å². The van der Waals surface area contributed by atoms with Gasteiger partial charge in [0.1, 0.15) is 23.5 Å². The van der Waals surface area contributed by atoms with E-state index in [4.69, 9.17) is 0 Å². The molecule has 0 aromatic heterocycles. The molecule has 3 aromatic rings. The van der Waals surface area contributed by atoms with Crippen LogP contribution in [0.3, 0.4) is 0 Å². The molecule has 1 atom stereocenters. The Morgan fingerprint density at radius 2 is 1.63 bits per heavy atom. The van der Waals surface area contributed by atoms with Crippen molar-refractivity contribution >= 4 is 46.1 Å². The van der Waals surface area contributed by atoms with Gasteiger partial charge in [-0.2, -0.15) is 0 Å². The summed E-state index contributed by atoms with van der Waals surface area (Å²) in [5, 5.41) is 3.10. The lowest BCUT2D eigenvalue weighted by Gasteiger charge is -2.25. The van der Waals surface area contributed by atoms with Crippen molar-refractivity contribution in [2.24, 2.45) is 9.98 Å². The Bertz CT molecular complexity index is 1460. The number of para-hydroxylation sites is 1. The highest BCUT2D eigenvalue weighted by Crippen LogP contribution is 2.34. The van der Waals surface area contributed by atoms with Crippen LogP contribution >= 0.6 is 11.8 Å². The SMILES string of the molecule is O=C(CC[C@H]1N=C2c3ccccc3N=C(SCC(=O)c3ccc(F)cc3)N2C1=O)NCc1ccc(F)cc1. The number of amidine groups is 2. The van der Waals surface area contributed by atoms with Gasteiger partial charge in [-0.25, -0.2) is 18.7 Å². The molecule has 7 nitrogen and oxygen atoms in total. The van der Waals surface area contributed by atoms with Crippen LogP contribution in [0.4, 0.5) is 14.5 Å². The Morgan fingerprint density at radius 1 is 0.947 bits per heavy atom. The highest BCUT2D eigenvalue weighted by Gasteiger charge is 2.41. The summed E-state index contributed by atoms with van der Waals surface area (Å²) in [5.74, 6) is -1.13. The van der Waals surface area contributed by atoms with Gasteiger partial charge in [0.15, 0.2) is 11.0 Å². The van der Waals surface area contributed by atoms with Crippen molar-refractivity contribution in [3.63, 3.8) is 0 Å². The molecule has 1 N–H and O–H groups in total. The van der Waals surface area contributed by atoms with Gasteiger partial charge in [-0.3, -0.25) is 19.4 Å². The van der Waals surface area contributed by atoms with Gasteiger partial charge in [0.05, 0.1) is 11.4 Å². The summed E-state index contributed by atoms with van der Waals surface area (Å²) in [5.41, 5.74) is 2.45. The Morgan fingerprint density at radius 3 is 2.37 bits per heavy atom. The van der Waals surface area contributed by atoms with Crippen LogP contribution in [-0.2, 0) is 16.1 Å². The van der Waals surface area contributed by atoms with Crippen molar-refractivity contribution in [3.8, 4) is 0 Å². The first-order valence-corrected chi connectivity index (χ1v) is 12.9. The molecular weight excluding hydrogens is 510 g/mol. The van der Waals surface area contributed by atoms with E-state index in [0.29, 0.717) is 27.8 Å². The van der Waals surface area contributed by atoms with Gasteiger partial charge < -0.3 is 5.32 Å². The largest absolute Gasteiger partial charge is 0.352 e. The van der Waals surface area contributed by atoms with Crippen LogP contribution in [0, 0.1) is 11.6 Å². The normalized spacial score (nSPS) is 15.9. The number of hydrogen-bond acceptors (Lipinski definition) is 6. The molecule has 0 aliphatic carbocycles. The van der Waals surface area contributed by atoms with E-state index in [1.807, 2.05) is 18.2 Å². The van der Waals surface area contributed by atoms with E-state index >= 15 is 0 Å². The molecule has 0 saturated carbocycles. The maximum absolute atomic E-state index is 13.4. The van der Waals surface area contributed by atoms with Crippen molar-refractivity contribution in [1.29, 1.82) is 0 Å². The fourth-order valence-electron chi connectivity index (χ4n) is 4.10. The number of ketones is 1. The standard InChI is InChI=1S/C28H22F2N4O3S/c29-19-9-5-17(6-10-19)15-31-25(36)14-13-23-27(37)34-26(32-23)21-3-1-2-4-22(21)33-28(34)38-16-24(35)18-7-11-20(30)12-8-18/h1-12,23H,13-16H2,(H,31,36)/t23-/m1/s1. The molecule has 0 bridgehead atoms. The monoisotopic (exact) mass is 532 g/mol. The Balaban J connectivity index is 1.26. The average molecular weight is 533 g/mol. The average Bonchev–Trinajstić information content (AvgIpc) is 3.27. The number of halogens is 2. The topological polar surface area (TPSA) is 91.2 Å². The number of Topliss-reactive ketones (excluding diaryl/α,β-unsaturated/α-hetero) is 1. The number of nitrogens with zero attached hydrogens (tertiary/aromatic N) is 3. The van der Waals surface area contributed by atoms with Gasteiger partial charge >= 0.3 is 0 Å². The van der Waals surface area contributed by atoms with Crippen molar-refractivity contribution in [2.75, 3.05) is 5.75 Å². The third-order valence-corrected chi connectivity index (χ3v) is 7.03. The third-order valence-electron chi connectivity index (χ3n) is 6.09. The second-order valence-electron chi connectivity index (χ2n) is 8.71. The molecule has 2 aliphatic rings. The van der Waals surface area contributed by atoms with Gasteiger partial charge in [-0.1, -0.05) is 36.0 Å². The number of benzene rings is 3. The summed E-state index contributed by atoms with van der Waals surface area (Å²) in [6, 6.07) is 17.6. The van der Waals surface area contributed by atoms with Crippen LogP contribution in [0.25, 0.3) is 0 Å². The lowest BCUT2D eigenvalue weighted by molar-refractivity contribution is -0.125. The molecule has 2 heterocycles. The summed E-state index contributed by atoms with van der Waals surface area (Å²) in [6.45, 7) is 0.251. The highest BCUT2D eigenvalue weighted by atomic mass is 32.2. The summed E-state index contributed by atoms with van der Waals surface area (Å²) >= 11 is 1.11. The molecule has 2 aliphatic heterocycles. The van der Waals surface area contributed by atoms with E-state index in [1.54, 1.807) is 18.2 Å². The minimum absolute atomic E-state index is 0.000150. The van der Waals surface area contributed by atoms with E-state index in [-0.39, 0.29) is 48.6 Å². The summed E-state index contributed by atoms with van der Waals surface area (Å²) in [4.78, 5) is 49.1. The van der Waals surface area contributed by atoms with Crippen molar-refractivity contribution in [1.82, 2.24) is 10.2 Å². The minimum atomic E-state index is -0.772. The second-order valence-corrected chi connectivity index (χ2v) is 9.66. The zero-order chi connectivity index (χ0) is 26.6. The molecule has 0 unspecified atom stereocenters. The number of carbonyl (C=O) groups is 3. The fourth-order valence-corrected chi connectivity index (χ4v) is 4.99. The van der Waals surface area contributed by atoms with Crippen LogP contribution in [0.2, 0.25) is 0 Å². The maximum Gasteiger partial charge on any atom is 0.259 e. The number of carbonyl (C=O) groups excluding carboxylic acids is 3. The van der Waals surface area contributed by atoms with E-state index in [1.165, 1.54) is 41.3 Å². The maximum atomic E-state index is 13.4. The molecule has 0 spiro atoms. The van der Waals surface area contributed by atoms with Crippen LogP contribution in [-0.4, -0.2) is 45.3 Å². The van der Waals surface area contributed by atoms with Gasteiger partial charge in [0.25, 0.3) is 5.91 Å². The summed E-state index contributed by atoms with van der Waals surface area (Å²) in [7, 11) is 0. The Labute approximate surface area is 221 Å². The molecule has 10 heteroatoms. The van der Waals surface area contributed by atoms with Gasteiger partial charge in [-0.15, -0.1) is 0 Å². The fraction of sp³-hybridized carbons (Fsp3) is 0.179. The molecular formula is C28H22F2N4O3S. The predicted octanol–water partition coefficient (Wildman–Crippen LogP) is 4.64. The van der Waals surface area contributed by atoms with Crippen LogP contribution in [0.15, 0.2) is 82.8 Å². The smallest absolute Gasteiger partial charge is 0.259 e. The van der Waals surface area contributed by atoms with Crippen molar-refractivity contribution in [2.45, 2.75) is 25.4 Å². The van der Waals surface area contributed by atoms with Crippen LogP contribution in [0.1, 0.15) is 34.3 Å². The number of fused-ring (bicyclic) bond motifs is 3. The number of rotatable bonds is 8. The zero-order valence-corrected chi connectivity index (χ0v) is 20.9. The number of hydrogen-bond donors (Lipinski definition) is 1. The number of aliphatic imine (C=N–C) groups is 2. The molecule has 5 rings (SSSR count). The second kappa shape index (κ2) is 11.1. The third kappa shape index (κ3) is 5.55. The first kappa shape index (κ1) is 25.5. The van der Waals surface area contributed by atoms with E-state index < -0.39 is 11.9 Å². The lowest BCUT2D eigenvalue weighted by Crippen LogP contribution is -2.41. The van der Waals surface area contributed by atoms with Gasteiger partial charge in [0, 0.05) is 24.1 Å². The molecule has 38 heavy (non-hydrogen) atoms. The Hall–Kier alpha value is -4.18. The number of thioether (sulfide) groups is 1. The Kier molecular flexibility index (Phi) is 7.41. The molecule has 0 radical (unpaired) electrons. The number of nitrogens with one attached hydrogen (secondary N) is 1. The summed E-state index contributed by atoms with van der Waals surface area (Å²) < 4.78 is 26.3. The lowest BCUT2D eigenvalue weighted by atomic mass is 10.1. The first-order valence-electron chi connectivity index (χ1n) is 11.9. The first-order chi connectivity index (χ1) is 18.4. The minimum Gasteiger partial charge on any atom is -0.352 e. The molecule has 192 valence electrons. The van der Waals surface area contributed by atoms with E-state index in [2.05, 4.69) is 15.3 Å². The molecule has 2 amide bonds. The molecule has 0 fully saturated rings. The van der Waals surface area contributed by atoms with Gasteiger partial charge in [-0.05, 0) is 60.5 Å². The van der Waals surface area contributed by atoms with Crippen LogP contribution < -0.4 is 5.32 Å². The summed E-state index contributed by atoms with van der Waals surface area (Å²) in [6.07, 6.45) is 0.273.